The van der Waals surface area contributed by atoms with Gasteiger partial charge in [0.1, 0.15) is 4.88 Å². The van der Waals surface area contributed by atoms with E-state index in [9.17, 15) is 13.6 Å². The number of aryl methyl sites for hydroxylation is 1. The van der Waals surface area contributed by atoms with Crippen molar-refractivity contribution < 1.29 is 13.6 Å². The number of nitrogens with zero attached hydrogens (tertiary/aromatic N) is 2. The molecule has 0 spiro atoms. The van der Waals surface area contributed by atoms with Crippen LogP contribution in [-0.4, -0.2) is 30.5 Å². The van der Waals surface area contributed by atoms with E-state index in [2.05, 4.69) is 24.1 Å². The van der Waals surface area contributed by atoms with Gasteiger partial charge in [0.05, 0.1) is 10.7 Å². The number of anilines is 1. The number of rotatable bonds is 5. The number of amides is 1. The molecule has 140 valence electrons. The summed E-state index contributed by atoms with van der Waals surface area (Å²) in [4.78, 5) is 19.6. The average Bonchev–Trinajstić information content (AvgIpc) is 3.22. The van der Waals surface area contributed by atoms with Gasteiger partial charge in [-0.3, -0.25) is 4.79 Å². The summed E-state index contributed by atoms with van der Waals surface area (Å²) >= 11 is 1.45. The Balaban J connectivity index is 1.56. The monoisotopic (exact) mass is 379 g/mol. The molecule has 2 aromatic rings. The summed E-state index contributed by atoms with van der Waals surface area (Å²) < 4.78 is 26.5. The van der Waals surface area contributed by atoms with Crippen molar-refractivity contribution in [1.82, 2.24) is 10.3 Å². The molecule has 1 aromatic heterocycles. The third-order valence-corrected chi connectivity index (χ3v) is 6.08. The van der Waals surface area contributed by atoms with Crippen LogP contribution in [0.5, 0.6) is 0 Å². The number of hydrogen-bond donors (Lipinski definition) is 1. The normalized spacial score (nSPS) is 17.2. The van der Waals surface area contributed by atoms with E-state index in [0.29, 0.717) is 29.6 Å². The Bertz CT molecular complexity index is 806. The van der Waals surface area contributed by atoms with Crippen molar-refractivity contribution in [2.75, 3.05) is 24.5 Å². The highest BCUT2D eigenvalue weighted by atomic mass is 32.1. The fraction of sp³-hybridized carbons (Fsp3) is 0.474. The van der Waals surface area contributed by atoms with Gasteiger partial charge in [0.25, 0.3) is 5.91 Å². The van der Waals surface area contributed by atoms with Crippen molar-refractivity contribution in [3.8, 4) is 0 Å². The zero-order valence-corrected chi connectivity index (χ0v) is 16.0. The molecule has 1 amide bonds. The second-order valence-corrected chi connectivity index (χ2v) is 8.06. The minimum Gasteiger partial charge on any atom is -0.371 e. The molecular formula is C19H23F2N3OS. The predicted molar refractivity (Wildman–Crippen MR) is 100.0 cm³/mol. The van der Waals surface area contributed by atoms with Crippen LogP contribution in [-0.2, 0) is 0 Å². The van der Waals surface area contributed by atoms with Crippen LogP contribution in [0.15, 0.2) is 18.2 Å². The molecule has 0 aliphatic carbocycles. The van der Waals surface area contributed by atoms with Crippen LogP contribution >= 0.6 is 11.3 Å². The Hall–Kier alpha value is -2.02. The molecule has 1 fully saturated rings. The first-order valence-corrected chi connectivity index (χ1v) is 9.62. The van der Waals surface area contributed by atoms with Gasteiger partial charge in [-0.15, -0.1) is 11.3 Å². The maximum Gasteiger partial charge on any atom is 0.263 e. The SMILES string of the molecule is Cc1nc(C(C)C)sc1C(=O)NCC1CCN(c2ccc(F)c(F)c2)C1. The fourth-order valence-corrected chi connectivity index (χ4v) is 4.09. The minimum absolute atomic E-state index is 0.0850. The van der Waals surface area contributed by atoms with Crippen LogP contribution in [0, 0.1) is 24.5 Å². The lowest BCUT2D eigenvalue weighted by molar-refractivity contribution is 0.0951. The quantitative estimate of drug-likeness (QED) is 0.850. The second kappa shape index (κ2) is 7.70. The van der Waals surface area contributed by atoms with Gasteiger partial charge in [0, 0.05) is 37.3 Å². The summed E-state index contributed by atoms with van der Waals surface area (Å²) in [6.07, 6.45) is 0.901. The number of carbonyl (C=O) groups is 1. The molecule has 26 heavy (non-hydrogen) atoms. The van der Waals surface area contributed by atoms with E-state index < -0.39 is 11.6 Å². The molecule has 1 unspecified atom stereocenters. The van der Waals surface area contributed by atoms with Crippen LogP contribution in [0.1, 0.15) is 46.6 Å². The Labute approximate surface area is 156 Å². The van der Waals surface area contributed by atoms with Crippen molar-refractivity contribution >= 4 is 22.9 Å². The number of nitrogens with one attached hydrogen (secondary N) is 1. The molecule has 0 radical (unpaired) electrons. The number of aromatic nitrogens is 1. The van der Waals surface area contributed by atoms with Gasteiger partial charge in [-0.25, -0.2) is 13.8 Å². The highest BCUT2D eigenvalue weighted by Gasteiger charge is 2.25. The van der Waals surface area contributed by atoms with E-state index in [0.717, 1.165) is 29.7 Å². The molecule has 1 aliphatic heterocycles. The van der Waals surface area contributed by atoms with Crippen molar-refractivity contribution in [3.05, 3.63) is 45.4 Å². The lowest BCUT2D eigenvalue weighted by Crippen LogP contribution is -2.31. The summed E-state index contributed by atoms with van der Waals surface area (Å²) in [7, 11) is 0. The third-order valence-electron chi connectivity index (χ3n) is 4.62. The highest BCUT2D eigenvalue weighted by molar-refractivity contribution is 7.13. The predicted octanol–water partition coefficient (Wildman–Crippen LogP) is 4.11. The van der Waals surface area contributed by atoms with Gasteiger partial charge in [-0.05, 0) is 31.4 Å². The highest BCUT2D eigenvalue weighted by Crippen LogP contribution is 2.26. The summed E-state index contributed by atoms with van der Waals surface area (Å²) in [6.45, 7) is 8.02. The Morgan fingerprint density at radius 1 is 1.38 bits per heavy atom. The molecule has 0 bridgehead atoms. The molecule has 1 atom stereocenters. The van der Waals surface area contributed by atoms with Gasteiger partial charge >= 0.3 is 0 Å². The van der Waals surface area contributed by atoms with Crippen molar-refractivity contribution in [2.45, 2.75) is 33.1 Å². The van der Waals surface area contributed by atoms with E-state index in [4.69, 9.17) is 0 Å². The number of benzene rings is 1. The van der Waals surface area contributed by atoms with Crippen molar-refractivity contribution in [1.29, 1.82) is 0 Å². The van der Waals surface area contributed by atoms with Crippen LogP contribution < -0.4 is 10.2 Å². The van der Waals surface area contributed by atoms with Gasteiger partial charge in [-0.2, -0.15) is 0 Å². The summed E-state index contributed by atoms with van der Waals surface area (Å²) in [5.41, 5.74) is 1.45. The minimum atomic E-state index is -0.836. The molecule has 7 heteroatoms. The van der Waals surface area contributed by atoms with E-state index in [1.165, 1.54) is 17.4 Å². The van der Waals surface area contributed by atoms with E-state index in [1.807, 2.05) is 11.8 Å². The lowest BCUT2D eigenvalue weighted by atomic mass is 10.1. The van der Waals surface area contributed by atoms with Crippen LogP contribution in [0.25, 0.3) is 0 Å². The van der Waals surface area contributed by atoms with Crippen molar-refractivity contribution in [3.63, 3.8) is 0 Å². The first-order valence-electron chi connectivity index (χ1n) is 8.80. The number of halogens is 2. The average molecular weight is 379 g/mol. The van der Waals surface area contributed by atoms with Crippen LogP contribution in [0.2, 0.25) is 0 Å². The fourth-order valence-electron chi connectivity index (χ4n) is 3.11. The molecular weight excluding hydrogens is 356 g/mol. The smallest absolute Gasteiger partial charge is 0.263 e. The first kappa shape index (κ1) is 18.8. The zero-order valence-electron chi connectivity index (χ0n) is 15.2. The largest absolute Gasteiger partial charge is 0.371 e. The van der Waals surface area contributed by atoms with Crippen molar-refractivity contribution in [2.24, 2.45) is 5.92 Å². The number of hydrogen-bond acceptors (Lipinski definition) is 4. The van der Waals surface area contributed by atoms with E-state index in [1.54, 1.807) is 6.07 Å². The maximum atomic E-state index is 13.4. The zero-order chi connectivity index (χ0) is 18.8. The van der Waals surface area contributed by atoms with Gasteiger partial charge in [0.15, 0.2) is 11.6 Å². The van der Waals surface area contributed by atoms with Gasteiger partial charge in [-0.1, -0.05) is 13.8 Å². The Kier molecular flexibility index (Phi) is 5.55. The Morgan fingerprint density at radius 3 is 2.81 bits per heavy atom. The van der Waals surface area contributed by atoms with Gasteiger partial charge in [0.2, 0.25) is 0 Å². The van der Waals surface area contributed by atoms with E-state index in [-0.39, 0.29) is 11.8 Å². The van der Waals surface area contributed by atoms with E-state index >= 15 is 0 Å². The second-order valence-electron chi connectivity index (χ2n) is 7.03. The summed E-state index contributed by atoms with van der Waals surface area (Å²) in [5, 5.41) is 3.97. The Morgan fingerprint density at radius 2 is 2.15 bits per heavy atom. The summed E-state index contributed by atoms with van der Waals surface area (Å²) in [5.74, 6) is -1.17. The molecule has 1 aromatic carbocycles. The summed E-state index contributed by atoms with van der Waals surface area (Å²) in [6, 6.07) is 3.97. The number of thiazole rings is 1. The van der Waals surface area contributed by atoms with Gasteiger partial charge < -0.3 is 10.2 Å². The topological polar surface area (TPSA) is 45.2 Å². The maximum absolute atomic E-state index is 13.4. The third kappa shape index (κ3) is 4.03. The van der Waals surface area contributed by atoms with Crippen LogP contribution in [0.4, 0.5) is 14.5 Å². The molecule has 3 rings (SSSR count). The number of carbonyl (C=O) groups excluding carboxylic acids is 1. The molecule has 1 N–H and O–H groups in total. The first-order chi connectivity index (χ1) is 12.3. The van der Waals surface area contributed by atoms with Crippen LogP contribution in [0.3, 0.4) is 0 Å². The standard InChI is InChI=1S/C19H23F2N3OS/c1-11(2)19-23-12(3)17(26-19)18(25)22-9-13-6-7-24(10-13)14-4-5-15(20)16(21)8-14/h4-5,8,11,13H,6-7,9-10H2,1-3H3,(H,22,25). The molecule has 2 heterocycles. The molecule has 4 nitrogen and oxygen atoms in total. The lowest BCUT2D eigenvalue weighted by Gasteiger charge is -2.19. The molecule has 1 saturated heterocycles. The molecule has 1 aliphatic rings. The molecule has 0 saturated carbocycles.